The first-order chi connectivity index (χ1) is 7.57. The van der Waals surface area contributed by atoms with E-state index in [1.165, 1.54) is 11.1 Å². The minimum absolute atomic E-state index is 0.0578. The summed E-state index contributed by atoms with van der Waals surface area (Å²) in [4.78, 5) is 2.51. The molecule has 1 heterocycles. The molecule has 2 rings (SSSR count). The van der Waals surface area contributed by atoms with Crippen molar-refractivity contribution >= 4 is 0 Å². The lowest BCUT2D eigenvalue weighted by Gasteiger charge is -2.36. The molecule has 0 radical (unpaired) electrons. The van der Waals surface area contributed by atoms with E-state index in [2.05, 4.69) is 43.0 Å². The summed E-state index contributed by atoms with van der Waals surface area (Å²) in [5.41, 5.74) is 9.03. The van der Waals surface area contributed by atoms with Crippen LogP contribution in [0.25, 0.3) is 0 Å². The summed E-state index contributed by atoms with van der Waals surface area (Å²) in [5, 5.41) is 0. The van der Waals surface area contributed by atoms with Crippen molar-refractivity contribution in [2.45, 2.75) is 38.8 Å². The molecule has 1 aliphatic rings. The van der Waals surface area contributed by atoms with E-state index in [-0.39, 0.29) is 5.54 Å². The smallest absolute Gasteiger partial charge is 0.0236 e. The molecule has 0 spiro atoms. The molecule has 1 aromatic carbocycles. The first-order valence-electron chi connectivity index (χ1n) is 6.13. The number of rotatable bonds is 2. The molecule has 0 bridgehead atoms. The lowest BCUT2D eigenvalue weighted by atomic mass is 9.91. The average Bonchev–Trinajstić information content (AvgIpc) is 2.24. The fourth-order valence-electron chi connectivity index (χ4n) is 2.25. The maximum absolute atomic E-state index is 6.14. The zero-order valence-corrected chi connectivity index (χ0v) is 10.4. The molecule has 0 unspecified atom stereocenters. The quantitative estimate of drug-likeness (QED) is 0.825. The van der Waals surface area contributed by atoms with Crippen molar-refractivity contribution in [3.05, 3.63) is 35.4 Å². The molecular weight excluding hydrogens is 196 g/mol. The summed E-state index contributed by atoms with van der Waals surface area (Å²) in [6, 6.07) is 8.64. The number of nitrogens with two attached hydrogens (primary N) is 1. The van der Waals surface area contributed by atoms with Crippen LogP contribution in [0, 0.1) is 6.92 Å². The second-order valence-corrected chi connectivity index (χ2v) is 5.36. The molecule has 88 valence electrons. The van der Waals surface area contributed by atoms with Gasteiger partial charge in [0.05, 0.1) is 0 Å². The molecule has 1 fully saturated rings. The van der Waals surface area contributed by atoms with Gasteiger partial charge in [-0.3, -0.25) is 4.90 Å². The Kier molecular flexibility index (Phi) is 3.31. The standard InChI is InChI=1S/C14H22N2/c1-12-5-3-4-6-13(12)11-16-9-7-14(2,15)8-10-16/h3-6H,7-11,15H2,1-2H3. The number of hydrogen-bond acceptors (Lipinski definition) is 2. The van der Waals surface area contributed by atoms with E-state index in [1.807, 2.05) is 0 Å². The van der Waals surface area contributed by atoms with Gasteiger partial charge in [0, 0.05) is 25.2 Å². The Bertz CT molecular complexity index is 348. The third-order valence-corrected chi connectivity index (χ3v) is 3.65. The maximum atomic E-state index is 6.14. The van der Waals surface area contributed by atoms with Gasteiger partial charge in [-0.1, -0.05) is 24.3 Å². The molecule has 0 amide bonds. The van der Waals surface area contributed by atoms with E-state index in [9.17, 15) is 0 Å². The number of aryl methyl sites for hydroxylation is 1. The van der Waals surface area contributed by atoms with E-state index in [1.54, 1.807) is 0 Å². The highest BCUT2D eigenvalue weighted by Gasteiger charge is 2.25. The fraction of sp³-hybridized carbons (Fsp3) is 0.571. The second kappa shape index (κ2) is 4.56. The van der Waals surface area contributed by atoms with Gasteiger partial charge < -0.3 is 5.73 Å². The summed E-state index contributed by atoms with van der Waals surface area (Å²) < 4.78 is 0. The summed E-state index contributed by atoms with van der Waals surface area (Å²) in [5.74, 6) is 0. The van der Waals surface area contributed by atoms with Crippen molar-refractivity contribution in [2.75, 3.05) is 13.1 Å². The Hall–Kier alpha value is -0.860. The number of nitrogens with zero attached hydrogens (tertiary/aromatic N) is 1. The average molecular weight is 218 g/mol. The number of benzene rings is 1. The minimum Gasteiger partial charge on any atom is -0.325 e. The van der Waals surface area contributed by atoms with Crippen LogP contribution in [-0.2, 0) is 6.54 Å². The predicted molar refractivity (Wildman–Crippen MR) is 68.3 cm³/mol. The minimum atomic E-state index is 0.0578. The fourth-order valence-corrected chi connectivity index (χ4v) is 2.25. The van der Waals surface area contributed by atoms with Gasteiger partial charge >= 0.3 is 0 Å². The Labute approximate surface area is 98.4 Å². The topological polar surface area (TPSA) is 29.3 Å². The Morgan fingerprint density at radius 2 is 1.88 bits per heavy atom. The van der Waals surface area contributed by atoms with E-state index in [0.29, 0.717) is 0 Å². The van der Waals surface area contributed by atoms with Crippen molar-refractivity contribution in [1.29, 1.82) is 0 Å². The maximum Gasteiger partial charge on any atom is 0.0236 e. The molecule has 1 aliphatic heterocycles. The molecule has 1 saturated heterocycles. The molecule has 1 aromatic rings. The van der Waals surface area contributed by atoms with Gasteiger partial charge in [0.1, 0.15) is 0 Å². The lowest BCUT2D eigenvalue weighted by molar-refractivity contribution is 0.165. The van der Waals surface area contributed by atoms with Crippen LogP contribution in [0.4, 0.5) is 0 Å². The zero-order valence-electron chi connectivity index (χ0n) is 10.4. The molecule has 16 heavy (non-hydrogen) atoms. The Balaban J connectivity index is 1.95. The van der Waals surface area contributed by atoms with Crippen LogP contribution < -0.4 is 5.73 Å². The number of likely N-dealkylation sites (tertiary alicyclic amines) is 1. The van der Waals surface area contributed by atoms with Gasteiger partial charge in [-0.15, -0.1) is 0 Å². The van der Waals surface area contributed by atoms with Gasteiger partial charge in [0.15, 0.2) is 0 Å². The van der Waals surface area contributed by atoms with Gasteiger partial charge in [-0.25, -0.2) is 0 Å². The lowest BCUT2D eigenvalue weighted by Crippen LogP contribution is -2.47. The van der Waals surface area contributed by atoms with E-state index < -0.39 is 0 Å². The van der Waals surface area contributed by atoms with Crippen LogP contribution in [0.5, 0.6) is 0 Å². The molecule has 0 atom stereocenters. The third kappa shape index (κ3) is 2.83. The summed E-state index contributed by atoms with van der Waals surface area (Å²) >= 11 is 0. The van der Waals surface area contributed by atoms with Crippen LogP contribution in [0.15, 0.2) is 24.3 Å². The van der Waals surface area contributed by atoms with Crippen LogP contribution in [-0.4, -0.2) is 23.5 Å². The number of hydrogen-bond donors (Lipinski definition) is 1. The van der Waals surface area contributed by atoms with Gasteiger partial charge in [-0.2, -0.15) is 0 Å². The van der Waals surface area contributed by atoms with E-state index >= 15 is 0 Å². The molecular formula is C14H22N2. The zero-order chi connectivity index (χ0) is 11.6. The predicted octanol–water partition coefficient (Wildman–Crippen LogP) is 2.31. The van der Waals surface area contributed by atoms with Crippen LogP contribution in [0.3, 0.4) is 0 Å². The van der Waals surface area contributed by atoms with Crippen LogP contribution in [0.1, 0.15) is 30.9 Å². The first-order valence-corrected chi connectivity index (χ1v) is 6.13. The third-order valence-electron chi connectivity index (χ3n) is 3.65. The van der Waals surface area contributed by atoms with Crippen molar-refractivity contribution in [2.24, 2.45) is 5.73 Å². The Morgan fingerprint density at radius 1 is 1.25 bits per heavy atom. The van der Waals surface area contributed by atoms with Crippen LogP contribution >= 0.6 is 0 Å². The second-order valence-electron chi connectivity index (χ2n) is 5.36. The monoisotopic (exact) mass is 218 g/mol. The SMILES string of the molecule is Cc1ccccc1CN1CCC(C)(N)CC1. The highest BCUT2D eigenvalue weighted by Crippen LogP contribution is 2.21. The van der Waals surface area contributed by atoms with Crippen molar-refractivity contribution in [3.8, 4) is 0 Å². The summed E-state index contributed by atoms with van der Waals surface area (Å²) in [6.45, 7) is 7.68. The molecule has 0 saturated carbocycles. The van der Waals surface area contributed by atoms with Crippen molar-refractivity contribution in [3.63, 3.8) is 0 Å². The molecule has 2 nitrogen and oxygen atoms in total. The molecule has 2 N–H and O–H groups in total. The van der Waals surface area contributed by atoms with Crippen molar-refractivity contribution in [1.82, 2.24) is 4.90 Å². The van der Waals surface area contributed by atoms with Crippen LogP contribution in [0.2, 0.25) is 0 Å². The first kappa shape index (κ1) is 11.6. The van der Waals surface area contributed by atoms with E-state index in [4.69, 9.17) is 5.73 Å². The highest BCUT2D eigenvalue weighted by atomic mass is 15.1. The highest BCUT2D eigenvalue weighted by molar-refractivity contribution is 5.25. The van der Waals surface area contributed by atoms with Gasteiger partial charge in [-0.05, 0) is 37.8 Å². The number of piperidine rings is 1. The van der Waals surface area contributed by atoms with Crippen molar-refractivity contribution < 1.29 is 0 Å². The Morgan fingerprint density at radius 3 is 2.50 bits per heavy atom. The molecule has 0 aliphatic carbocycles. The molecule has 2 heteroatoms. The molecule has 0 aromatic heterocycles. The van der Waals surface area contributed by atoms with Gasteiger partial charge in [0.25, 0.3) is 0 Å². The normalized spacial score (nSPS) is 20.9. The van der Waals surface area contributed by atoms with E-state index in [0.717, 1.165) is 32.5 Å². The summed E-state index contributed by atoms with van der Waals surface area (Å²) in [7, 11) is 0. The van der Waals surface area contributed by atoms with Gasteiger partial charge in [0.2, 0.25) is 0 Å². The largest absolute Gasteiger partial charge is 0.325 e. The summed E-state index contributed by atoms with van der Waals surface area (Å²) in [6.07, 6.45) is 2.22.